The van der Waals surface area contributed by atoms with Crippen LogP contribution in [0.1, 0.15) is 25.8 Å². The molecule has 7 heteroatoms. The van der Waals surface area contributed by atoms with E-state index in [9.17, 15) is 14.4 Å². The maximum atomic E-state index is 12.5. The summed E-state index contributed by atoms with van der Waals surface area (Å²) in [5.41, 5.74) is -1.09. The first-order chi connectivity index (χ1) is 12.1. The van der Waals surface area contributed by atoms with E-state index in [1.165, 1.54) is 12.3 Å². The van der Waals surface area contributed by atoms with Crippen molar-refractivity contribution in [1.82, 2.24) is 4.90 Å². The van der Waals surface area contributed by atoms with Gasteiger partial charge in [0, 0.05) is 12.6 Å². The van der Waals surface area contributed by atoms with Crippen LogP contribution in [0.25, 0.3) is 0 Å². The molecule has 25 heavy (non-hydrogen) atoms. The Morgan fingerprint density at radius 2 is 1.60 bits per heavy atom. The molecule has 0 saturated carbocycles. The van der Waals surface area contributed by atoms with Crippen molar-refractivity contribution >= 4 is 18.0 Å². The van der Waals surface area contributed by atoms with Gasteiger partial charge in [0.15, 0.2) is 0 Å². The first-order valence-electron chi connectivity index (χ1n) is 8.07. The van der Waals surface area contributed by atoms with Gasteiger partial charge in [0.25, 0.3) is 0 Å². The van der Waals surface area contributed by atoms with E-state index >= 15 is 0 Å². The maximum Gasteiger partial charge on any atom is 0.415 e. The van der Waals surface area contributed by atoms with Crippen LogP contribution in [0.4, 0.5) is 4.79 Å². The summed E-state index contributed by atoms with van der Waals surface area (Å²) in [5, 5.41) is 0. The van der Waals surface area contributed by atoms with E-state index < -0.39 is 23.6 Å². The lowest BCUT2D eigenvalue weighted by molar-refractivity contribution is -0.170. The Balaban J connectivity index is 2.19. The lowest BCUT2D eigenvalue weighted by Gasteiger charge is -2.32. The number of hydrogen-bond acceptors (Lipinski definition) is 6. The average Bonchev–Trinajstić information content (AvgIpc) is 3.07. The normalized spacial score (nSPS) is 14.9. The lowest BCUT2D eigenvalue weighted by atomic mass is 9.96. The molecule has 1 aliphatic heterocycles. The van der Waals surface area contributed by atoms with Gasteiger partial charge in [-0.25, -0.2) is 14.4 Å². The molecule has 0 bridgehead atoms. The Morgan fingerprint density at radius 1 is 1.00 bits per heavy atom. The molecule has 0 N–H and O–H groups in total. The van der Waals surface area contributed by atoms with Crippen molar-refractivity contribution in [2.24, 2.45) is 0 Å². The molecule has 0 unspecified atom stereocenters. The van der Waals surface area contributed by atoms with E-state index in [1.54, 1.807) is 26.0 Å². The molecule has 1 aromatic carbocycles. The quantitative estimate of drug-likeness (QED) is 0.446. The molecular weight excluding hydrogens is 326 g/mol. The number of rotatable bonds is 6. The van der Waals surface area contributed by atoms with Gasteiger partial charge in [0.2, 0.25) is 5.54 Å². The molecule has 0 aliphatic carbocycles. The van der Waals surface area contributed by atoms with Crippen LogP contribution >= 0.6 is 0 Å². The molecule has 134 valence electrons. The number of carbonyl (C=O) groups excluding carboxylic acids is 3. The van der Waals surface area contributed by atoms with E-state index in [1.807, 2.05) is 18.2 Å². The van der Waals surface area contributed by atoms with E-state index in [2.05, 4.69) is 0 Å². The van der Waals surface area contributed by atoms with Crippen molar-refractivity contribution in [3.05, 3.63) is 48.2 Å². The summed E-state index contributed by atoms with van der Waals surface area (Å²) in [4.78, 5) is 38.4. The fourth-order valence-electron chi connectivity index (χ4n) is 2.51. The van der Waals surface area contributed by atoms with Gasteiger partial charge in [-0.3, -0.25) is 4.90 Å². The predicted molar refractivity (Wildman–Crippen MR) is 88.2 cm³/mol. The molecule has 0 aromatic heterocycles. The molecule has 1 amide bonds. The molecule has 0 saturated heterocycles. The molecule has 0 atom stereocenters. The van der Waals surface area contributed by atoms with Gasteiger partial charge in [-0.15, -0.1) is 0 Å². The number of hydrogen-bond donors (Lipinski definition) is 0. The van der Waals surface area contributed by atoms with E-state index in [-0.39, 0.29) is 26.2 Å². The third kappa shape index (κ3) is 3.81. The average molecular weight is 347 g/mol. The number of nitrogens with zero attached hydrogens (tertiary/aromatic N) is 1. The van der Waals surface area contributed by atoms with Gasteiger partial charge >= 0.3 is 18.0 Å². The predicted octanol–water partition coefficient (Wildman–Crippen LogP) is 2.41. The number of ether oxygens (including phenoxy) is 3. The Bertz CT molecular complexity index is 637. The molecule has 0 radical (unpaired) electrons. The van der Waals surface area contributed by atoms with E-state index in [0.29, 0.717) is 0 Å². The lowest BCUT2D eigenvalue weighted by Crippen LogP contribution is -2.59. The molecule has 2 rings (SSSR count). The molecule has 1 aromatic rings. The Labute approximate surface area is 146 Å². The van der Waals surface area contributed by atoms with E-state index in [4.69, 9.17) is 14.2 Å². The number of esters is 2. The van der Waals surface area contributed by atoms with Crippen LogP contribution in [0, 0.1) is 0 Å². The van der Waals surface area contributed by atoms with Crippen LogP contribution < -0.4 is 0 Å². The highest BCUT2D eigenvalue weighted by atomic mass is 16.6. The summed E-state index contributed by atoms with van der Waals surface area (Å²) >= 11 is 0. The molecule has 0 spiro atoms. The molecule has 7 nitrogen and oxygen atoms in total. The monoisotopic (exact) mass is 347 g/mol. The van der Waals surface area contributed by atoms with Gasteiger partial charge in [-0.1, -0.05) is 36.4 Å². The number of carbonyl (C=O) groups is 3. The minimum atomic E-state index is -1.88. The fourth-order valence-corrected chi connectivity index (χ4v) is 2.51. The minimum absolute atomic E-state index is 0.0196. The maximum absolute atomic E-state index is 12.5. The molecule has 1 aliphatic rings. The van der Waals surface area contributed by atoms with Crippen molar-refractivity contribution < 1.29 is 28.6 Å². The SMILES string of the molecule is CCOC(=O)C1(C(=O)OCC)CC=CN1C(=O)OCc1ccccc1. The summed E-state index contributed by atoms with van der Waals surface area (Å²) in [5.74, 6) is -1.68. The second-order valence-electron chi connectivity index (χ2n) is 5.30. The van der Waals surface area contributed by atoms with Crippen molar-refractivity contribution in [3.8, 4) is 0 Å². The smallest absolute Gasteiger partial charge is 0.415 e. The first-order valence-corrected chi connectivity index (χ1v) is 8.07. The molecule has 0 fully saturated rings. The van der Waals surface area contributed by atoms with Crippen molar-refractivity contribution in [2.75, 3.05) is 13.2 Å². The van der Waals surface area contributed by atoms with Crippen molar-refractivity contribution in [3.63, 3.8) is 0 Å². The standard InChI is InChI=1S/C18H21NO6/c1-3-23-15(20)18(16(21)24-4-2)11-8-12-19(18)17(22)25-13-14-9-6-5-7-10-14/h5-10,12H,3-4,11,13H2,1-2H3. The van der Waals surface area contributed by atoms with Crippen LogP contribution in [0.3, 0.4) is 0 Å². The summed E-state index contributed by atoms with van der Waals surface area (Å²) in [6.45, 7) is 3.42. The summed E-state index contributed by atoms with van der Waals surface area (Å²) in [6.07, 6.45) is 2.04. The third-order valence-electron chi connectivity index (χ3n) is 3.71. The van der Waals surface area contributed by atoms with Gasteiger partial charge in [0.05, 0.1) is 13.2 Å². The van der Waals surface area contributed by atoms with Crippen LogP contribution in [-0.4, -0.2) is 41.7 Å². The van der Waals surface area contributed by atoms with Gasteiger partial charge < -0.3 is 14.2 Å². The zero-order valence-corrected chi connectivity index (χ0v) is 14.3. The van der Waals surface area contributed by atoms with Crippen molar-refractivity contribution in [1.29, 1.82) is 0 Å². The van der Waals surface area contributed by atoms with Gasteiger partial charge in [-0.05, 0) is 19.4 Å². The summed E-state index contributed by atoms with van der Waals surface area (Å²) in [6, 6.07) is 9.09. The third-order valence-corrected chi connectivity index (χ3v) is 3.71. The topological polar surface area (TPSA) is 82.1 Å². The second kappa shape index (κ2) is 8.32. The molecular formula is C18H21NO6. The van der Waals surface area contributed by atoms with Crippen LogP contribution in [0.2, 0.25) is 0 Å². The largest absolute Gasteiger partial charge is 0.464 e. The zero-order chi connectivity index (χ0) is 18.3. The second-order valence-corrected chi connectivity index (χ2v) is 5.30. The zero-order valence-electron chi connectivity index (χ0n) is 14.3. The highest BCUT2D eigenvalue weighted by Gasteiger charge is 2.57. The van der Waals surface area contributed by atoms with Crippen LogP contribution in [0.15, 0.2) is 42.6 Å². The Morgan fingerprint density at radius 3 is 2.16 bits per heavy atom. The highest BCUT2D eigenvalue weighted by Crippen LogP contribution is 2.31. The Kier molecular flexibility index (Phi) is 6.16. The van der Waals surface area contributed by atoms with Gasteiger partial charge in [0.1, 0.15) is 6.61 Å². The number of benzene rings is 1. The summed E-state index contributed by atoms with van der Waals surface area (Å²) < 4.78 is 15.3. The highest BCUT2D eigenvalue weighted by molar-refractivity contribution is 6.08. The minimum Gasteiger partial charge on any atom is -0.464 e. The van der Waals surface area contributed by atoms with Crippen LogP contribution in [0.5, 0.6) is 0 Å². The molecule has 1 heterocycles. The number of amides is 1. The van der Waals surface area contributed by atoms with Crippen molar-refractivity contribution in [2.45, 2.75) is 32.4 Å². The summed E-state index contributed by atoms with van der Waals surface area (Å²) in [7, 11) is 0. The Hall–Kier alpha value is -2.83. The first kappa shape index (κ1) is 18.5. The van der Waals surface area contributed by atoms with Gasteiger partial charge in [-0.2, -0.15) is 0 Å². The van der Waals surface area contributed by atoms with Crippen LogP contribution in [-0.2, 0) is 30.4 Å². The van der Waals surface area contributed by atoms with E-state index in [0.717, 1.165) is 10.5 Å². The fraction of sp³-hybridized carbons (Fsp3) is 0.389.